The van der Waals surface area contributed by atoms with Gasteiger partial charge in [0.2, 0.25) is 0 Å². The standard InChI is InChI=1S/C12H24N2O/c1-3-13-12(9-15,10-4-5-10)8-14(2)11-6-7-11/h10-11,13,15H,3-9H2,1-2H3. The van der Waals surface area contributed by atoms with Crippen LogP contribution < -0.4 is 5.32 Å². The Morgan fingerprint density at radius 2 is 2.00 bits per heavy atom. The van der Waals surface area contributed by atoms with Gasteiger partial charge in [-0.25, -0.2) is 0 Å². The van der Waals surface area contributed by atoms with Gasteiger partial charge in [-0.05, 0) is 45.2 Å². The normalized spacial score (nSPS) is 25.6. The molecule has 0 radical (unpaired) electrons. The van der Waals surface area contributed by atoms with Crippen molar-refractivity contribution in [2.45, 2.75) is 44.2 Å². The Bertz CT molecular complexity index is 214. The lowest BCUT2D eigenvalue weighted by Gasteiger charge is -2.37. The maximum Gasteiger partial charge on any atom is 0.0628 e. The van der Waals surface area contributed by atoms with Crippen molar-refractivity contribution in [3.63, 3.8) is 0 Å². The van der Waals surface area contributed by atoms with Crippen molar-refractivity contribution in [3.8, 4) is 0 Å². The van der Waals surface area contributed by atoms with E-state index in [0.717, 1.165) is 19.1 Å². The van der Waals surface area contributed by atoms with Crippen LogP contribution in [0.25, 0.3) is 0 Å². The second kappa shape index (κ2) is 4.40. The van der Waals surface area contributed by atoms with Crippen molar-refractivity contribution in [1.29, 1.82) is 0 Å². The highest BCUT2D eigenvalue weighted by molar-refractivity contribution is 5.03. The van der Waals surface area contributed by atoms with Crippen LogP contribution in [0.15, 0.2) is 0 Å². The van der Waals surface area contributed by atoms with Crippen molar-refractivity contribution < 1.29 is 5.11 Å². The molecule has 0 aromatic heterocycles. The van der Waals surface area contributed by atoms with Crippen LogP contribution in [0.3, 0.4) is 0 Å². The Labute approximate surface area is 92.8 Å². The Kier molecular flexibility index (Phi) is 3.33. The zero-order chi connectivity index (χ0) is 10.9. The molecule has 0 heterocycles. The first kappa shape index (κ1) is 11.4. The van der Waals surface area contributed by atoms with Gasteiger partial charge in [0.05, 0.1) is 12.1 Å². The average Bonchev–Trinajstić information content (AvgIpc) is 3.07. The highest BCUT2D eigenvalue weighted by Crippen LogP contribution is 2.41. The number of hydrogen-bond donors (Lipinski definition) is 2. The summed E-state index contributed by atoms with van der Waals surface area (Å²) in [5, 5.41) is 13.2. The maximum absolute atomic E-state index is 9.68. The van der Waals surface area contributed by atoms with Crippen LogP contribution in [-0.4, -0.2) is 48.3 Å². The second-order valence-electron chi connectivity index (χ2n) is 5.27. The molecule has 3 heteroatoms. The second-order valence-corrected chi connectivity index (χ2v) is 5.27. The lowest BCUT2D eigenvalue weighted by Crippen LogP contribution is -2.57. The monoisotopic (exact) mass is 212 g/mol. The van der Waals surface area contributed by atoms with Gasteiger partial charge in [-0.15, -0.1) is 0 Å². The average molecular weight is 212 g/mol. The molecule has 2 N–H and O–H groups in total. The first-order valence-corrected chi connectivity index (χ1v) is 6.28. The number of hydrogen-bond acceptors (Lipinski definition) is 3. The van der Waals surface area contributed by atoms with Crippen LogP contribution in [0.1, 0.15) is 32.6 Å². The molecule has 0 spiro atoms. The van der Waals surface area contributed by atoms with E-state index in [1.807, 2.05) is 0 Å². The summed E-state index contributed by atoms with van der Waals surface area (Å²) >= 11 is 0. The van der Waals surface area contributed by atoms with Gasteiger partial charge in [0, 0.05) is 12.6 Å². The molecule has 0 amide bonds. The Morgan fingerprint density at radius 3 is 2.40 bits per heavy atom. The lowest BCUT2D eigenvalue weighted by atomic mass is 9.93. The lowest BCUT2D eigenvalue weighted by molar-refractivity contribution is 0.0996. The van der Waals surface area contributed by atoms with Crippen LogP contribution >= 0.6 is 0 Å². The number of rotatable bonds is 7. The van der Waals surface area contributed by atoms with Gasteiger partial charge >= 0.3 is 0 Å². The summed E-state index contributed by atoms with van der Waals surface area (Å²) in [5.74, 6) is 0.698. The molecule has 2 aliphatic carbocycles. The fourth-order valence-corrected chi connectivity index (χ4v) is 2.64. The molecule has 1 unspecified atom stereocenters. The molecule has 0 aromatic carbocycles. The number of aliphatic hydroxyl groups excluding tert-OH is 1. The first-order chi connectivity index (χ1) is 7.22. The summed E-state index contributed by atoms with van der Waals surface area (Å²) in [6.07, 6.45) is 5.25. The van der Waals surface area contributed by atoms with Crippen molar-refractivity contribution in [3.05, 3.63) is 0 Å². The molecule has 2 rings (SSSR count). The van der Waals surface area contributed by atoms with Crippen LogP contribution in [-0.2, 0) is 0 Å². The SMILES string of the molecule is CCNC(CO)(CN(C)C1CC1)C1CC1. The van der Waals surface area contributed by atoms with E-state index in [1.165, 1.54) is 25.7 Å². The van der Waals surface area contributed by atoms with E-state index in [0.29, 0.717) is 5.92 Å². The van der Waals surface area contributed by atoms with Crippen molar-refractivity contribution >= 4 is 0 Å². The number of aliphatic hydroxyl groups is 1. The number of nitrogens with zero attached hydrogens (tertiary/aromatic N) is 1. The molecule has 0 aliphatic heterocycles. The van der Waals surface area contributed by atoms with E-state index >= 15 is 0 Å². The van der Waals surface area contributed by atoms with Crippen molar-refractivity contribution in [2.75, 3.05) is 26.7 Å². The van der Waals surface area contributed by atoms with Gasteiger partial charge in [-0.3, -0.25) is 0 Å². The largest absolute Gasteiger partial charge is 0.394 e. The molecule has 2 fully saturated rings. The van der Waals surface area contributed by atoms with Gasteiger partial charge in [0.15, 0.2) is 0 Å². The fourth-order valence-electron chi connectivity index (χ4n) is 2.64. The molecule has 3 nitrogen and oxygen atoms in total. The third-order valence-corrected chi connectivity index (χ3v) is 3.87. The summed E-state index contributed by atoms with van der Waals surface area (Å²) in [6, 6.07) is 0.785. The van der Waals surface area contributed by atoms with E-state index in [4.69, 9.17) is 0 Å². The topological polar surface area (TPSA) is 35.5 Å². The van der Waals surface area contributed by atoms with E-state index in [1.54, 1.807) is 0 Å². The minimum Gasteiger partial charge on any atom is -0.394 e. The van der Waals surface area contributed by atoms with Gasteiger partial charge in [-0.1, -0.05) is 6.92 Å². The molecular weight excluding hydrogens is 188 g/mol. The zero-order valence-corrected chi connectivity index (χ0v) is 10.00. The molecule has 88 valence electrons. The van der Waals surface area contributed by atoms with E-state index in [9.17, 15) is 5.11 Å². The predicted molar refractivity (Wildman–Crippen MR) is 61.9 cm³/mol. The zero-order valence-electron chi connectivity index (χ0n) is 10.00. The quantitative estimate of drug-likeness (QED) is 0.656. The molecule has 1 atom stereocenters. The van der Waals surface area contributed by atoms with Crippen molar-refractivity contribution in [2.24, 2.45) is 5.92 Å². The Balaban J connectivity index is 1.95. The van der Waals surface area contributed by atoms with Crippen LogP contribution in [0.5, 0.6) is 0 Å². The predicted octanol–water partition coefficient (Wildman–Crippen LogP) is 0.831. The van der Waals surface area contributed by atoms with Gasteiger partial charge in [-0.2, -0.15) is 0 Å². The molecule has 2 aliphatic rings. The summed E-state index contributed by atoms with van der Waals surface area (Å²) < 4.78 is 0. The highest BCUT2D eigenvalue weighted by atomic mass is 16.3. The van der Waals surface area contributed by atoms with Gasteiger partial charge in [0.1, 0.15) is 0 Å². The van der Waals surface area contributed by atoms with E-state index < -0.39 is 0 Å². The highest BCUT2D eigenvalue weighted by Gasteiger charge is 2.46. The smallest absolute Gasteiger partial charge is 0.0628 e. The third-order valence-electron chi connectivity index (χ3n) is 3.87. The molecule has 2 saturated carbocycles. The van der Waals surface area contributed by atoms with Crippen LogP contribution in [0.2, 0.25) is 0 Å². The summed E-state index contributed by atoms with van der Waals surface area (Å²) in [5.41, 5.74) is -0.0217. The molecule has 15 heavy (non-hydrogen) atoms. The minimum absolute atomic E-state index is 0.0217. The maximum atomic E-state index is 9.68. The Morgan fingerprint density at radius 1 is 1.33 bits per heavy atom. The van der Waals surface area contributed by atoms with Gasteiger partial charge in [0.25, 0.3) is 0 Å². The summed E-state index contributed by atoms with van der Waals surface area (Å²) in [4.78, 5) is 2.43. The Hall–Kier alpha value is -0.120. The van der Waals surface area contributed by atoms with Crippen molar-refractivity contribution in [1.82, 2.24) is 10.2 Å². The molecule has 0 aromatic rings. The summed E-state index contributed by atoms with van der Waals surface area (Å²) in [7, 11) is 2.20. The molecule has 0 saturated heterocycles. The summed E-state index contributed by atoms with van der Waals surface area (Å²) in [6.45, 7) is 4.37. The van der Waals surface area contributed by atoms with E-state index in [-0.39, 0.29) is 12.1 Å². The first-order valence-electron chi connectivity index (χ1n) is 6.28. The molecular formula is C12H24N2O. The third kappa shape index (κ3) is 2.52. The molecule has 0 bridgehead atoms. The number of nitrogens with one attached hydrogen (secondary N) is 1. The minimum atomic E-state index is -0.0217. The van der Waals surface area contributed by atoms with Crippen LogP contribution in [0.4, 0.5) is 0 Å². The fraction of sp³-hybridized carbons (Fsp3) is 1.00. The van der Waals surface area contributed by atoms with Gasteiger partial charge < -0.3 is 15.3 Å². The van der Waals surface area contributed by atoms with Crippen LogP contribution in [0, 0.1) is 5.92 Å². The van der Waals surface area contributed by atoms with E-state index in [2.05, 4.69) is 24.2 Å². The number of likely N-dealkylation sites (N-methyl/N-ethyl adjacent to an activating group) is 2.